The molecule has 4 rings (SSSR count). The molecule has 0 aliphatic carbocycles. The van der Waals surface area contributed by atoms with Gasteiger partial charge in [0.15, 0.2) is 17.2 Å². The molecule has 2 saturated heterocycles. The van der Waals surface area contributed by atoms with E-state index in [0.717, 1.165) is 0 Å². The van der Waals surface area contributed by atoms with Crippen molar-refractivity contribution in [1.82, 2.24) is 9.58 Å². The van der Waals surface area contributed by atoms with Crippen LogP contribution in [0.25, 0.3) is 0 Å². The Kier molecular flexibility index (Phi) is 2.54. The zero-order valence-electron chi connectivity index (χ0n) is 11.2. The van der Waals surface area contributed by atoms with Crippen LogP contribution in [0.4, 0.5) is 0 Å². The molecular weight excluding hydrogens is 278 g/mol. The van der Waals surface area contributed by atoms with Gasteiger partial charge in [-0.15, -0.1) is 0 Å². The third-order valence-electron chi connectivity index (χ3n) is 4.25. The third kappa shape index (κ3) is 1.76. The summed E-state index contributed by atoms with van der Waals surface area (Å²) in [6.07, 6.45) is 2.24. The normalized spacial score (nSPS) is 26.4. The summed E-state index contributed by atoms with van der Waals surface area (Å²) in [5, 5.41) is 9.84. The predicted octanol–water partition coefficient (Wildman–Crippen LogP) is -0.584. The highest BCUT2D eigenvalue weighted by atomic mass is 16.7. The van der Waals surface area contributed by atoms with Gasteiger partial charge in [0.05, 0.1) is 13.2 Å². The molecular formula is C13H15N3O5. The minimum Gasteiger partial charge on any atom is -0.502 e. The number of piperidine rings is 1. The second-order valence-corrected chi connectivity index (χ2v) is 5.45. The summed E-state index contributed by atoms with van der Waals surface area (Å²) in [7, 11) is 0. The maximum Gasteiger partial charge on any atom is 0.278 e. The Balaban J connectivity index is 1.71. The monoisotopic (exact) mass is 293 g/mol. The average Bonchev–Trinajstić information content (AvgIpc) is 2.91. The lowest BCUT2D eigenvalue weighted by molar-refractivity contribution is -0.191. The number of nitrogens with one attached hydrogen (secondary N) is 1. The number of rotatable bonds is 0. The van der Waals surface area contributed by atoms with Gasteiger partial charge in [-0.25, -0.2) is 0 Å². The van der Waals surface area contributed by atoms with Crippen LogP contribution in [-0.2, 0) is 9.47 Å². The number of carbonyl (C=O) groups is 1. The molecule has 8 heteroatoms. The van der Waals surface area contributed by atoms with E-state index in [1.54, 1.807) is 4.90 Å². The molecule has 2 N–H and O–H groups in total. The Morgan fingerprint density at radius 3 is 2.86 bits per heavy atom. The molecule has 3 aliphatic rings. The van der Waals surface area contributed by atoms with Gasteiger partial charge in [0.25, 0.3) is 5.91 Å². The zero-order valence-corrected chi connectivity index (χ0v) is 11.2. The molecule has 0 bridgehead atoms. The molecule has 1 aromatic heterocycles. The second-order valence-electron chi connectivity index (χ2n) is 5.45. The fourth-order valence-electron chi connectivity index (χ4n) is 3.21. The first-order valence-electron chi connectivity index (χ1n) is 6.90. The van der Waals surface area contributed by atoms with Crippen LogP contribution >= 0.6 is 0 Å². The highest BCUT2D eigenvalue weighted by Crippen LogP contribution is 2.36. The number of pyridine rings is 1. The van der Waals surface area contributed by atoms with Gasteiger partial charge >= 0.3 is 0 Å². The van der Waals surface area contributed by atoms with Gasteiger partial charge in [-0.1, -0.05) is 0 Å². The number of hydrogen-bond acceptors (Lipinski definition) is 6. The smallest absolute Gasteiger partial charge is 0.278 e. The van der Waals surface area contributed by atoms with Crippen molar-refractivity contribution >= 4 is 5.91 Å². The van der Waals surface area contributed by atoms with E-state index in [9.17, 15) is 14.7 Å². The van der Waals surface area contributed by atoms with Crippen molar-refractivity contribution in [1.29, 1.82) is 0 Å². The number of aromatic hydroxyl groups is 1. The van der Waals surface area contributed by atoms with Crippen LogP contribution in [0.1, 0.15) is 23.3 Å². The van der Waals surface area contributed by atoms with E-state index in [1.165, 1.54) is 16.9 Å². The van der Waals surface area contributed by atoms with Crippen LogP contribution in [0, 0.1) is 0 Å². The fraction of sp³-hybridized carbons (Fsp3) is 0.538. The second kappa shape index (κ2) is 4.22. The molecule has 21 heavy (non-hydrogen) atoms. The van der Waals surface area contributed by atoms with Gasteiger partial charge in [-0.2, -0.15) is 0 Å². The van der Waals surface area contributed by atoms with Crippen LogP contribution in [0.15, 0.2) is 17.1 Å². The van der Waals surface area contributed by atoms with E-state index < -0.39 is 17.0 Å². The van der Waals surface area contributed by atoms with Crippen LogP contribution < -0.4 is 10.9 Å². The van der Waals surface area contributed by atoms with Crippen molar-refractivity contribution in [2.24, 2.45) is 0 Å². The van der Waals surface area contributed by atoms with Crippen molar-refractivity contribution in [3.8, 4) is 5.75 Å². The molecule has 0 aromatic carbocycles. The van der Waals surface area contributed by atoms with E-state index >= 15 is 0 Å². The minimum absolute atomic E-state index is 0.0250. The number of fused-ring (bicyclic) bond motifs is 2. The quantitative estimate of drug-likeness (QED) is 0.664. The molecule has 2 fully saturated rings. The fourth-order valence-corrected chi connectivity index (χ4v) is 3.21. The van der Waals surface area contributed by atoms with Crippen LogP contribution in [0.2, 0.25) is 0 Å². The molecule has 1 unspecified atom stereocenters. The largest absolute Gasteiger partial charge is 0.502 e. The van der Waals surface area contributed by atoms with Crippen molar-refractivity contribution in [2.75, 3.05) is 25.2 Å². The first kappa shape index (κ1) is 12.7. The number of hydrogen-bond donors (Lipinski definition) is 2. The molecule has 0 radical (unpaired) electrons. The molecule has 1 amide bonds. The Bertz CT molecular complexity index is 664. The molecule has 112 valence electrons. The Morgan fingerprint density at radius 1 is 1.33 bits per heavy atom. The summed E-state index contributed by atoms with van der Waals surface area (Å²) < 4.78 is 12.8. The van der Waals surface area contributed by atoms with Crippen molar-refractivity contribution in [2.45, 2.75) is 24.8 Å². The number of aromatic nitrogens is 1. The van der Waals surface area contributed by atoms with Gasteiger partial charge in [0, 0.05) is 31.6 Å². The van der Waals surface area contributed by atoms with Crippen LogP contribution in [0.5, 0.6) is 5.75 Å². The summed E-state index contributed by atoms with van der Waals surface area (Å²) in [6.45, 7) is 1.56. The van der Waals surface area contributed by atoms with E-state index in [2.05, 4.69) is 5.43 Å². The summed E-state index contributed by atoms with van der Waals surface area (Å²) in [6, 6.07) is 1.22. The SMILES string of the molecule is O=C1c2c(O)c(=O)ccn2NC2CC3(CCN12)OCCO3. The predicted molar refractivity (Wildman–Crippen MR) is 70.4 cm³/mol. The van der Waals surface area contributed by atoms with E-state index in [1.807, 2.05) is 0 Å². The maximum atomic E-state index is 12.5. The molecule has 3 aliphatic heterocycles. The van der Waals surface area contributed by atoms with E-state index in [4.69, 9.17) is 9.47 Å². The van der Waals surface area contributed by atoms with Gasteiger partial charge in [-0.3, -0.25) is 14.3 Å². The molecule has 4 heterocycles. The van der Waals surface area contributed by atoms with Gasteiger partial charge in [-0.05, 0) is 0 Å². The number of carbonyl (C=O) groups excluding carboxylic acids is 1. The van der Waals surface area contributed by atoms with Crippen LogP contribution in [0.3, 0.4) is 0 Å². The molecule has 0 saturated carbocycles. The first-order chi connectivity index (χ1) is 10.1. The van der Waals surface area contributed by atoms with Gasteiger partial charge in [0.2, 0.25) is 5.43 Å². The number of amides is 1. The molecule has 8 nitrogen and oxygen atoms in total. The highest BCUT2D eigenvalue weighted by Gasteiger charge is 2.48. The summed E-state index contributed by atoms with van der Waals surface area (Å²) >= 11 is 0. The van der Waals surface area contributed by atoms with Gasteiger partial charge < -0.3 is 24.9 Å². The molecule has 1 spiro atoms. The Hall–Kier alpha value is -2.06. The number of nitrogens with zero attached hydrogens (tertiary/aromatic N) is 2. The first-order valence-corrected chi connectivity index (χ1v) is 6.90. The van der Waals surface area contributed by atoms with Crippen molar-refractivity contribution in [3.63, 3.8) is 0 Å². The lowest BCUT2D eigenvalue weighted by Crippen LogP contribution is -2.61. The molecule has 1 aromatic rings. The topological polar surface area (TPSA) is 93.0 Å². The number of ether oxygens (including phenoxy) is 2. The van der Waals surface area contributed by atoms with E-state index in [-0.39, 0.29) is 17.8 Å². The highest BCUT2D eigenvalue weighted by molar-refractivity contribution is 5.96. The van der Waals surface area contributed by atoms with Crippen molar-refractivity contribution < 1.29 is 19.4 Å². The van der Waals surface area contributed by atoms with Crippen LogP contribution in [-0.4, -0.2) is 52.3 Å². The average molecular weight is 293 g/mol. The van der Waals surface area contributed by atoms with Gasteiger partial charge in [0.1, 0.15) is 6.17 Å². The summed E-state index contributed by atoms with van der Waals surface area (Å²) in [5.41, 5.74) is 2.52. The zero-order chi connectivity index (χ0) is 14.6. The third-order valence-corrected chi connectivity index (χ3v) is 4.25. The summed E-state index contributed by atoms with van der Waals surface area (Å²) in [5.74, 6) is -1.52. The maximum absolute atomic E-state index is 12.5. The van der Waals surface area contributed by atoms with E-state index in [0.29, 0.717) is 32.6 Å². The minimum atomic E-state index is -0.632. The lowest BCUT2D eigenvalue weighted by Gasteiger charge is -2.46. The lowest BCUT2D eigenvalue weighted by atomic mass is 9.99. The summed E-state index contributed by atoms with van der Waals surface area (Å²) in [4.78, 5) is 25.6. The molecule has 1 atom stereocenters. The van der Waals surface area contributed by atoms with Crippen molar-refractivity contribution in [3.05, 3.63) is 28.2 Å². The Labute approximate surface area is 119 Å². The standard InChI is InChI=1S/C13H15N3O5/c17-8-1-3-16-10(11(8)18)12(19)15-4-2-13(7-9(15)14-16)20-5-6-21-13/h1,3,9,14,18H,2,4-7H2. The Morgan fingerprint density at radius 2 is 2.10 bits per heavy atom.